The predicted octanol–water partition coefficient (Wildman–Crippen LogP) is 1.68. The predicted molar refractivity (Wildman–Crippen MR) is 79.3 cm³/mol. The third-order valence-corrected chi connectivity index (χ3v) is 4.23. The first-order valence-corrected chi connectivity index (χ1v) is 8.17. The van der Waals surface area contributed by atoms with Gasteiger partial charge >= 0.3 is 0 Å². The average Bonchev–Trinajstić information content (AvgIpc) is 3.02. The molecule has 1 aromatic carbocycles. The van der Waals surface area contributed by atoms with Crippen LogP contribution >= 0.6 is 0 Å². The standard InChI is InChI=1S/C13H10F3N5O3S/c1-24-10-5-7(6-14)17-12-18-13(19-21(10)12)25(22,23)20-11-8(15)3-2-4-9(11)16/h2-5,20H,6H2,1H3. The van der Waals surface area contributed by atoms with E-state index in [4.69, 9.17) is 4.74 Å². The van der Waals surface area contributed by atoms with Crippen LogP contribution in [0.3, 0.4) is 0 Å². The lowest BCUT2D eigenvalue weighted by molar-refractivity contribution is 0.380. The first-order chi connectivity index (χ1) is 11.9. The van der Waals surface area contributed by atoms with Crippen molar-refractivity contribution in [2.45, 2.75) is 11.8 Å². The molecule has 3 aromatic rings. The summed E-state index contributed by atoms with van der Waals surface area (Å²) in [7, 11) is -3.26. The fourth-order valence-electron chi connectivity index (χ4n) is 1.97. The second kappa shape index (κ2) is 6.20. The summed E-state index contributed by atoms with van der Waals surface area (Å²) in [6, 6.07) is 4.06. The van der Waals surface area contributed by atoms with E-state index in [9.17, 15) is 21.6 Å². The highest BCUT2D eigenvalue weighted by Crippen LogP contribution is 2.22. The van der Waals surface area contributed by atoms with Crippen molar-refractivity contribution < 1.29 is 26.3 Å². The maximum atomic E-state index is 13.6. The number of alkyl halides is 1. The highest BCUT2D eigenvalue weighted by Gasteiger charge is 2.25. The van der Waals surface area contributed by atoms with Crippen LogP contribution in [0.15, 0.2) is 29.4 Å². The molecule has 0 amide bonds. The first kappa shape index (κ1) is 17.0. The van der Waals surface area contributed by atoms with Crippen LogP contribution in [0.4, 0.5) is 18.9 Å². The van der Waals surface area contributed by atoms with Gasteiger partial charge in [-0.25, -0.2) is 18.2 Å². The molecule has 2 heterocycles. The van der Waals surface area contributed by atoms with E-state index in [2.05, 4.69) is 15.1 Å². The number of aromatic nitrogens is 4. The van der Waals surface area contributed by atoms with Crippen LogP contribution in [0, 0.1) is 11.6 Å². The van der Waals surface area contributed by atoms with Gasteiger partial charge in [0, 0.05) is 6.07 Å². The Bertz CT molecular complexity index is 1030. The van der Waals surface area contributed by atoms with E-state index >= 15 is 0 Å². The summed E-state index contributed by atoms with van der Waals surface area (Å²) in [5.74, 6) is -2.48. The Hall–Kier alpha value is -2.89. The number of hydrogen-bond donors (Lipinski definition) is 1. The minimum atomic E-state index is -4.53. The quantitative estimate of drug-likeness (QED) is 0.731. The molecule has 8 nitrogen and oxygen atoms in total. The number of rotatable bonds is 5. The van der Waals surface area contributed by atoms with Gasteiger partial charge < -0.3 is 4.74 Å². The highest BCUT2D eigenvalue weighted by atomic mass is 32.2. The number of benzene rings is 1. The van der Waals surface area contributed by atoms with Crippen molar-refractivity contribution in [1.29, 1.82) is 0 Å². The lowest BCUT2D eigenvalue weighted by Crippen LogP contribution is -2.16. The topological polar surface area (TPSA) is 98.5 Å². The van der Waals surface area contributed by atoms with Crippen molar-refractivity contribution in [1.82, 2.24) is 19.6 Å². The van der Waals surface area contributed by atoms with Gasteiger partial charge in [0.05, 0.1) is 12.8 Å². The van der Waals surface area contributed by atoms with Crippen molar-refractivity contribution in [2.24, 2.45) is 0 Å². The summed E-state index contributed by atoms with van der Waals surface area (Å²) >= 11 is 0. The number of anilines is 1. The molecule has 25 heavy (non-hydrogen) atoms. The van der Waals surface area contributed by atoms with E-state index in [-0.39, 0.29) is 17.4 Å². The molecule has 12 heteroatoms. The van der Waals surface area contributed by atoms with Gasteiger partial charge in [-0.2, -0.15) is 17.9 Å². The zero-order valence-electron chi connectivity index (χ0n) is 12.6. The Morgan fingerprint density at radius 2 is 1.92 bits per heavy atom. The summed E-state index contributed by atoms with van der Waals surface area (Å²) in [6.07, 6.45) is 0. The second-order valence-electron chi connectivity index (χ2n) is 4.73. The van der Waals surface area contributed by atoms with Crippen LogP contribution in [-0.2, 0) is 16.7 Å². The second-order valence-corrected chi connectivity index (χ2v) is 6.31. The fourth-order valence-corrected chi connectivity index (χ4v) is 2.92. The Balaban J connectivity index is 2.09. The molecule has 132 valence electrons. The van der Waals surface area contributed by atoms with E-state index in [0.717, 1.165) is 22.7 Å². The Morgan fingerprint density at radius 1 is 1.24 bits per heavy atom. The van der Waals surface area contributed by atoms with Gasteiger partial charge in [-0.05, 0) is 12.1 Å². The molecule has 0 aliphatic heterocycles. The average molecular weight is 373 g/mol. The molecule has 0 atom stereocenters. The van der Waals surface area contributed by atoms with Gasteiger partial charge in [0.15, 0.2) is 0 Å². The zero-order chi connectivity index (χ0) is 18.2. The van der Waals surface area contributed by atoms with Crippen LogP contribution < -0.4 is 9.46 Å². The monoisotopic (exact) mass is 373 g/mol. The molecule has 0 saturated carbocycles. The van der Waals surface area contributed by atoms with Crippen molar-refractivity contribution >= 4 is 21.5 Å². The fraction of sp³-hybridized carbons (Fsp3) is 0.154. The smallest absolute Gasteiger partial charge is 0.299 e. The number of nitrogens with zero attached hydrogens (tertiary/aromatic N) is 4. The van der Waals surface area contributed by atoms with Crippen molar-refractivity contribution in [2.75, 3.05) is 11.8 Å². The third kappa shape index (κ3) is 3.07. The Kier molecular flexibility index (Phi) is 4.20. The number of ether oxygens (including phenoxy) is 1. The van der Waals surface area contributed by atoms with Crippen LogP contribution in [0.2, 0.25) is 0 Å². The number of hydrogen-bond acceptors (Lipinski definition) is 6. The van der Waals surface area contributed by atoms with Crippen molar-refractivity contribution in [3.05, 3.63) is 41.6 Å². The molecule has 0 unspecified atom stereocenters. The molecule has 1 N–H and O–H groups in total. The molecule has 0 radical (unpaired) electrons. The number of halogens is 3. The normalized spacial score (nSPS) is 11.7. The maximum absolute atomic E-state index is 13.6. The van der Waals surface area contributed by atoms with Crippen LogP contribution in [0.1, 0.15) is 5.69 Å². The minimum absolute atomic E-state index is 0.0105. The van der Waals surface area contributed by atoms with Gasteiger partial charge in [0.2, 0.25) is 5.88 Å². The summed E-state index contributed by atoms with van der Waals surface area (Å²) < 4.78 is 72.3. The highest BCUT2D eigenvalue weighted by molar-refractivity contribution is 7.92. The lowest BCUT2D eigenvalue weighted by Gasteiger charge is -2.06. The van der Waals surface area contributed by atoms with Crippen LogP contribution in [0.5, 0.6) is 5.88 Å². The molecule has 2 aromatic heterocycles. The largest absolute Gasteiger partial charge is 0.481 e. The summed E-state index contributed by atoms with van der Waals surface area (Å²) in [4.78, 5) is 7.43. The summed E-state index contributed by atoms with van der Waals surface area (Å²) in [5.41, 5.74) is -0.917. The molecular formula is C13H10F3N5O3S. The summed E-state index contributed by atoms with van der Waals surface area (Å²) in [5, 5.41) is 2.88. The molecule has 0 aliphatic carbocycles. The van der Waals surface area contributed by atoms with Crippen LogP contribution in [-0.4, -0.2) is 35.1 Å². The van der Waals surface area contributed by atoms with E-state index in [1.165, 1.54) is 13.2 Å². The van der Waals surface area contributed by atoms with E-state index in [1.807, 2.05) is 0 Å². The number of fused-ring (bicyclic) bond motifs is 1. The zero-order valence-corrected chi connectivity index (χ0v) is 13.4. The number of sulfonamides is 1. The Morgan fingerprint density at radius 3 is 2.52 bits per heavy atom. The Labute approximate surface area is 139 Å². The van der Waals surface area contributed by atoms with Gasteiger partial charge in [0.1, 0.15) is 24.0 Å². The SMILES string of the molecule is COc1cc(CF)nc2nc(S(=O)(=O)Nc3c(F)cccc3F)nn12. The molecule has 0 fully saturated rings. The van der Waals surface area contributed by atoms with Crippen LogP contribution in [0.25, 0.3) is 5.78 Å². The van der Waals surface area contributed by atoms with Crippen molar-refractivity contribution in [3.63, 3.8) is 0 Å². The number of methoxy groups -OCH3 is 1. The van der Waals surface area contributed by atoms with Gasteiger partial charge in [-0.15, -0.1) is 5.10 Å². The molecule has 0 spiro atoms. The summed E-state index contributed by atoms with van der Waals surface area (Å²) in [6.45, 7) is -0.930. The maximum Gasteiger partial charge on any atom is 0.299 e. The molecule has 3 rings (SSSR count). The molecular weight excluding hydrogens is 363 g/mol. The number of para-hydroxylation sites is 1. The lowest BCUT2D eigenvalue weighted by atomic mass is 10.3. The van der Waals surface area contributed by atoms with Crippen molar-refractivity contribution in [3.8, 4) is 5.88 Å². The van der Waals surface area contributed by atoms with Gasteiger partial charge in [0.25, 0.3) is 21.0 Å². The van der Waals surface area contributed by atoms with E-state index in [1.54, 1.807) is 4.72 Å². The minimum Gasteiger partial charge on any atom is -0.481 e. The van der Waals surface area contributed by atoms with E-state index in [0.29, 0.717) is 0 Å². The molecule has 0 bridgehead atoms. The molecule has 0 saturated heterocycles. The molecule has 0 aliphatic rings. The van der Waals surface area contributed by atoms with Gasteiger partial charge in [-0.1, -0.05) is 6.07 Å². The third-order valence-electron chi connectivity index (χ3n) is 3.10. The van der Waals surface area contributed by atoms with E-state index < -0.39 is 39.2 Å². The first-order valence-electron chi connectivity index (χ1n) is 6.69. The van der Waals surface area contributed by atoms with Gasteiger partial charge in [-0.3, -0.25) is 4.72 Å². The number of nitrogens with one attached hydrogen (secondary N) is 1.